The number of rotatable bonds is 4. The van der Waals surface area contributed by atoms with E-state index in [0.717, 1.165) is 0 Å². The van der Waals surface area contributed by atoms with E-state index in [0.29, 0.717) is 5.02 Å². The number of hydrogen-bond acceptors (Lipinski definition) is 4. The van der Waals surface area contributed by atoms with E-state index >= 15 is 0 Å². The van der Waals surface area contributed by atoms with Crippen molar-refractivity contribution in [2.24, 2.45) is 0 Å². The van der Waals surface area contributed by atoms with Gasteiger partial charge in [-0.2, -0.15) is 0 Å². The van der Waals surface area contributed by atoms with E-state index in [4.69, 9.17) is 44.6 Å². The molecule has 0 amide bonds. The van der Waals surface area contributed by atoms with Crippen LogP contribution in [0.3, 0.4) is 0 Å². The summed E-state index contributed by atoms with van der Waals surface area (Å²) in [7, 11) is 0. The Hall–Kier alpha value is -1.56. The molecule has 2 rings (SSSR count). The van der Waals surface area contributed by atoms with Gasteiger partial charge in [0.25, 0.3) is 0 Å². The first kappa shape index (κ1) is 14.8. The van der Waals surface area contributed by atoms with Crippen LogP contribution < -0.4 is 4.74 Å². The van der Waals surface area contributed by atoms with Crippen LogP contribution in [0.25, 0.3) is 0 Å². The van der Waals surface area contributed by atoms with Crippen LogP contribution in [-0.4, -0.2) is 21.0 Å². The van der Waals surface area contributed by atoms with Gasteiger partial charge in [-0.25, -0.2) is 14.8 Å². The number of benzene rings is 1. The topological polar surface area (TPSA) is 72.3 Å². The number of nitrogens with zero attached hydrogens (tertiary/aromatic N) is 2. The molecular weight excluding hydrogens is 327 g/mol. The fourth-order valence-corrected chi connectivity index (χ4v) is 2.00. The van der Waals surface area contributed by atoms with E-state index in [2.05, 4.69) is 9.97 Å². The molecule has 1 heterocycles. The minimum absolute atomic E-state index is 0.0383. The van der Waals surface area contributed by atoms with Crippen molar-refractivity contribution in [1.29, 1.82) is 0 Å². The molecule has 0 aliphatic carbocycles. The molecule has 0 aliphatic heterocycles. The first-order chi connectivity index (χ1) is 9.49. The normalized spacial score (nSPS) is 10.3. The van der Waals surface area contributed by atoms with E-state index in [9.17, 15) is 4.79 Å². The third-order valence-corrected chi connectivity index (χ3v) is 3.38. The van der Waals surface area contributed by atoms with E-state index < -0.39 is 5.97 Å². The second kappa shape index (κ2) is 6.26. The second-order valence-electron chi connectivity index (χ2n) is 3.67. The van der Waals surface area contributed by atoms with Gasteiger partial charge < -0.3 is 9.84 Å². The summed E-state index contributed by atoms with van der Waals surface area (Å²) in [5.74, 6) is -0.847. The Morgan fingerprint density at radius 1 is 1.20 bits per heavy atom. The lowest BCUT2D eigenvalue weighted by atomic mass is 10.2. The summed E-state index contributed by atoms with van der Waals surface area (Å²) in [6.07, 6.45) is 2.44. The number of carbonyl (C=O) groups is 1. The zero-order valence-electron chi connectivity index (χ0n) is 9.81. The van der Waals surface area contributed by atoms with E-state index in [1.165, 1.54) is 24.7 Å². The Kier molecular flexibility index (Phi) is 4.65. The van der Waals surface area contributed by atoms with Gasteiger partial charge in [0, 0.05) is 12.3 Å². The first-order valence-electron chi connectivity index (χ1n) is 5.28. The summed E-state index contributed by atoms with van der Waals surface area (Å²) >= 11 is 17.6. The molecule has 2 aromatic rings. The third-order valence-electron chi connectivity index (χ3n) is 2.36. The van der Waals surface area contributed by atoms with Crippen molar-refractivity contribution in [2.45, 2.75) is 6.61 Å². The van der Waals surface area contributed by atoms with Crippen LogP contribution in [0.1, 0.15) is 16.1 Å². The minimum atomic E-state index is -1.13. The summed E-state index contributed by atoms with van der Waals surface area (Å²) in [6.45, 7) is -0.0815. The standard InChI is InChI=1S/C12H7Cl3N2O3/c13-7-1-9(15)11(2-8(7)14)20-4-10-6(12(18)19)3-16-5-17-10/h1-3,5H,4H2,(H,18,19). The van der Waals surface area contributed by atoms with Crippen LogP contribution in [0.5, 0.6) is 5.75 Å². The van der Waals surface area contributed by atoms with Crippen LogP contribution in [0.15, 0.2) is 24.7 Å². The lowest BCUT2D eigenvalue weighted by Gasteiger charge is -2.10. The fourth-order valence-electron chi connectivity index (χ4n) is 1.41. The average Bonchev–Trinajstić information content (AvgIpc) is 2.41. The molecule has 0 saturated carbocycles. The number of aromatic carboxylic acids is 1. The van der Waals surface area contributed by atoms with Crippen LogP contribution in [0.4, 0.5) is 0 Å². The van der Waals surface area contributed by atoms with Gasteiger partial charge >= 0.3 is 5.97 Å². The summed E-state index contributed by atoms with van der Waals surface area (Å²) in [5, 5.41) is 9.85. The molecule has 0 unspecified atom stereocenters. The predicted octanol–water partition coefficient (Wildman–Crippen LogP) is 3.71. The molecule has 1 N–H and O–H groups in total. The van der Waals surface area contributed by atoms with Crippen LogP contribution in [-0.2, 0) is 6.61 Å². The Bertz CT molecular complexity index is 664. The van der Waals surface area contributed by atoms with E-state index in [1.54, 1.807) is 0 Å². The largest absolute Gasteiger partial charge is 0.486 e. The molecule has 5 nitrogen and oxygen atoms in total. The molecule has 0 saturated heterocycles. The Morgan fingerprint density at radius 3 is 2.60 bits per heavy atom. The van der Waals surface area contributed by atoms with Crippen LogP contribution in [0.2, 0.25) is 15.1 Å². The molecule has 0 atom stereocenters. The van der Waals surface area contributed by atoms with Crippen molar-refractivity contribution in [1.82, 2.24) is 9.97 Å². The van der Waals surface area contributed by atoms with Crippen molar-refractivity contribution in [3.63, 3.8) is 0 Å². The molecule has 1 aromatic carbocycles. The Balaban J connectivity index is 2.21. The molecule has 8 heteroatoms. The number of ether oxygens (including phenoxy) is 1. The Morgan fingerprint density at radius 2 is 1.90 bits per heavy atom. The van der Waals surface area contributed by atoms with E-state index in [1.807, 2.05) is 0 Å². The molecular formula is C12H7Cl3N2O3. The van der Waals surface area contributed by atoms with Crippen molar-refractivity contribution in [3.8, 4) is 5.75 Å². The summed E-state index contributed by atoms with van der Waals surface area (Å²) in [5.41, 5.74) is 0.193. The lowest BCUT2D eigenvalue weighted by Crippen LogP contribution is -2.08. The maximum Gasteiger partial charge on any atom is 0.339 e. The van der Waals surface area contributed by atoms with Gasteiger partial charge in [-0.1, -0.05) is 34.8 Å². The van der Waals surface area contributed by atoms with Crippen LogP contribution >= 0.6 is 34.8 Å². The molecule has 0 radical (unpaired) electrons. The number of carboxylic acid groups (broad SMARTS) is 1. The third kappa shape index (κ3) is 3.30. The van der Waals surface area contributed by atoms with Gasteiger partial charge in [-0.05, 0) is 6.07 Å². The van der Waals surface area contributed by atoms with Crippen molar-refractivity contribution in [3.05, 3.63) is 51.0 Å². The van der Waals surface area contributed by atoms with Gasteiger partial charge in [0.15, 0.2) is 0 Å². The summed E-state index contributed by atoms with van der Waals surface area (Å²) < 4.78 is 5.42. The van der Waals surface area contributed by atoms with Gasteiger partial charge in [0.1, 0.15) is 24.2 Å². The number of carboxylic acids is 1. The number of halogens is 3. The Labute approximate surface area is 129 Å². The maximum atomic E-state index is 11.0. The highest BCUT2D eigenvalue weighted by Crippen LogP contribution is 2.34. The monoisotopic (exact) mass is 332 g/mol. The molecule has 0 bridgehead atoms. The summed E-state index contributed by atoms with van der Waals surface area (Å²) in [6, 6.07) is 2.90. The zero-order chi connectivity index (χ0) is 14.7. The van der Waals surface area contributed by atoms with Crippen molar-refractivity contribution < 1.29 is 14.6 Å². The SMILES string of the molecule is O=C(O)c1cncnc1COc1cc(Cl)c(Cl)cc1Cl. The molecule has 1 aromatic heterocycles. The fraction of sp³-hybridized carbons (Fsp3) is 0.0833. The molecule has 0 fully saturated rings. The van der Waals surface area contributed by atoms with Crippen molar-refractivity contribution >= 4 is 40.8 Å². The van der Waals surface area contributed by atoms with Gasteiger partial charge in [-0.15, -0.1) is 0 Å². The predicted molar refractivity (Wildman–Crippen MR) is 74.8 cm³/mol. The summed E-state index contributed by atoms with van der Waals surface area (Å²) in [4.78, 5) is 18.5. The lowest BCUT2D eigenvalue weighted by molar-refractivity contribution is 0.0692. The average molecular weight is 334 g/mol. The molecule has 0 aliphatic rings. The number of hydrogen-bond donors (Lipinski definition) is 1. The van der Waals surface area contributed by atoms with Gasteiger partial charge in [-0.3, -0.25) is 0 Å². The highest BCUT2D eigenvalue weighted by Gasteiger charge is 2.13. The smallest absolute Gasteiger partial charge is 0.339 e. The zero-order valence-corrected chi connectivity index (χ0v) is 12.1. The quantitative estimate of drug-likeness (QED) is 0.863. The van der Waals surface area contributed by atoms with Crippen LogP contribution in [0, 0.1) is 0 Å². The minimum Gasteiger partial charge on any atom is -0.486 e. The van der Waals surface area contributed by atoms with Crippen molar-refractivity contribution in [2.75, 3.05) is 0 Å². The van der Waals surface area contributed by atoms with E-state index in [-0.39, 0.29) is 33.7 Å². The molecule has 104 valence electrons. The molecule has 0 spiro atoms. The maximum absolute atomic E-state index is 11.0. The first-order valence-corrected chi connectivity index (χ1v) is 6.42. The van der Waals surface area contributed by atoms with Gasteiger partial charge in [0.2, 0.25) is 0 Å². The second-order valence-corrected chi connectivity index (χ2v) is 4.90. The molecule has 20 heavy (non-hydrogen) atoms. The van der Waals surface area contributed by atoms with Gasteiger partial charge in [0.05, 0.1) is 20.8 Å². The highest BCUT2D eigenvalue weighted by molar-refractivity contribution is 6.43. The number of aromatic nitrogens is 2. The highest BCUT2D eigenvalue weighted by atomic mass is 35.5.